The Balaban J connectivity index is 0. The topological polar surface area (TPSA) is 35.2 Å². The molecule has 0 spiro atoms. The van der Waals surface area contributed by atoms with E-state index < -0.39 is 0 Å². The summed E-state index contributed by atoms with van der Waals surface area (Å²) in [6.45, 7) is 4.79. The van der Waals surface area contributed by atoms with E-state index >= 15 is 0 Å². The molecule has 0 aromatic rings. The molecule has 0 saturated heterocycles. The molecule has 0 saturated carbocycles. The van der Waals surface area contributed by atoms with Gasteiger partial charge in [-0.3, -0.25) is 0 Å². The van der Waals surface area contributed by atoms with E-state index in [0.717, 1.165) is 26.2 Å². The van der Waals surface area contributed by atoms with Gasteiger partial charge in [0.15, 0.2) is 0 Å². The third kappa shape index (κ3) is 19.3. The average molecular weight is 267 g/mol. The van der Waals surface area contributed by atoms with Gasteiger partial charge in [-0.1, -0.05) is 64.7 Å². The summed E-state index contributed by atoms with van der Waals surface area (Å²) in [5.74, 6) is 0. The van der Waals surface area contributed by atoms with Crippen molar-refractivity contribution in [1.82, 2.24) is 0 Å². The quantitative estimate of drug-likeness (QED) is 0.385. The zero-order valence-corrected chi connectivity index (χ0v) is 11.9. The van der Waals surface area contributed by atoms with Gasteiger partial charge in [0.25, 0.3) is 0 Å². The van der Waals surface area contributed by atoms with E-state index in [1.807, 2.05) is 0 Å². The fourth-order valence-electron chi connectivity index (χ4n) is 1.98. The van der Waals surface area contributed by atoms with Gasteiger partial charge in [-0.15, -0.1) is 0 Å². The number of hydrogen-bond acceptors (Lipinski definition) is 2. The Hall–Kier alpha value is 0.920. The third-order valence-corrected chi connectivity index (χ3v) is 3.14. The molecule has 0 heterocycles. The molecular formula is C15H34NNaO. The van der Waals surface area contributed by atoms with Crippen LogP contribution in [0, 0.1) is 0 Å². The molecule has 0 radical (unpaired) electrons. The summed E-state index contributed by atoms with van der Waals surface area (Å²) < 4.78 is 5.47. The van der Waals surface area contributed by atoms with E-state index in [0.29, 0.717) is 0 Å². The maximum absolute atomic E-state index is 5.47. The molecule has 0 unspecified atom stereocenters. The van der Waals surface area contributed by atoms with Crippen LogP contribution in [0.15, 0.2) is 0 Å². The number of rotatable bonds is 14. The van der Waals surface area contributed by atoms with Gasteiger partial charge in [0.2, 0.25) is 0 Å². The molecule has 0 aliphatic heterocycles. The van der Waals surface area contributed by atoms with Crippen LogP contribution in [0.5, 0.6) is 0 Å². The molecule has 2 nitrogen and oxygen atoms in total. The molecule has 106 valence electrons. The number of nitrogens with two attached hydrogens (primary N) is 1. The van der Waals surface area contributed by atoms with Crippen molar-refractivity contribution < 1.29 is 4.74 Å². The van der Waals surface area contributed by atoms with Gasteiger partial charge in [-0.25, -0.2) is 0 Å². The molecule has 0 rings (SSSR count). The minimum atomic E-state index is 0. The molecule has 0 amide bonds. The Kier molecular flexibility index (Phi) is 23.9. The molecule has 18 heavy (non-hydrogen) atoms. The van der Waals surface area contributed by atoms with E-state index in [1.54, 1.807) is 0 Å². The summed E-state index contributed by atoms with van der Waals surface area (Å²) in [5.41, 5.74) is 5.39. The Labute approximate surface area is 137 Å². The standard InChI is InChI=1S/C15H33NO.Na.H/c1-2-3-4-5-6-7-8-9-10-11-14-17-15-12-13-16;;/h2-16H2,1H3;;. The van der Waals surface area contributed by atoms with Gasteiger partial charge < -0.3 is 10.5 Å². The molecule has 0 fully saturated rings. The van der Waals surface area contributed by atoms with Crippen molar-refractivity contribution in [3.8, 4) is 0 Å². The van der Waals surface area contributed by atoms with Crippen LogP contribution in [-0.2, 0) is 4.74 Å². The fourth-order valence-corrected chi connectivity index (χ4v) is 1.98. The summed E-state index contributed by atoms with van der Waals surface area (Å²) in [6.07, 6.45) is 14.9. The maximum atomic E-state index is 5.47. The van der Waals surface area contributed by atoms with Crippen molar-refractivity contribution in [3.63, 3.8) is 0 Å². The number of ether oxygens (including phenoxy) is 1. The van der Waals surface area contributed by atoms with Gasteiger partial charge in [0.1, 0.15) is 0 Å². The molecule has 0 aromatic heterocycles. The predicted octanol–water partition coefficient (Wildman–Crippen LogP) is 3.62. The van der Waals surface area contributed by atoms with Crippen LogP contribution in [0.25, 0.3) is 0 Å². The fraction of sp³-hybridized carbons (Fsp3) is 1.00. The normalized spacial score (nSPS) is 10.3. The molecule has 2 N–H and O–H groups in total. The molecule has 3 heteroatoms. The number of unbranched alkanes of at least 4 members (excludes halogenated alkanes) is 9. The van der Waals surface area contributed by atoms with Gasteiger partial charge in [0.05, 0.1) is 0 Å². The van der Waals surface area contributed by atoms with E-state index in [1.165, 1.54) is 64.2 Å². The predicted molar refractivity (Wildman–Crippen MR) is 83.5 cm³/mol. The molecule has 0 atom stereocenters. The SMILES string of the molecule is CCCCCCCCCCCCOCCCN.[NaH]. The Morgan fingerprint density at radius 3 is 1.61 bits per heavy atom. The summed E-state index contributed by atoms with van der Waals surface area (Å²) in [5, 5.41) is 0. The van der Waals surface area contributed by atoms with Crippen molar-refractivity contribution in [2.24, 2.45) is 5.73 Å². The van der Waals surface area contributed by atoms with Crippen LogP contribution in [0.4, 0.5) is 0 Å². The van der Waals surface area contributed by atoms with Gasteiger partial charge in [-0.2, -0.15) is 0 Å². The van der Waals surface area contributed by atoms with E-state index in [-0.39, 0.29) is 29.6 Å². The monoisotopic (exact) mass is 267 g/mol. The van der Waals surface area contributed by atoms with Crippen LogP contribution < -0.4 is 5.73 Å². The first-order valence-electron chi connectivity index (χ1n) is 7.69. The molecule has 0 aliphatic carbocycles. The Morgan fingerprint density at radius 1 is 0.667 bits per heavy atom. The summed E-state index contributed by atoms with van der Waals surface area (Å²) in [6, 6.07) is 0. The van der Waals surface area contributed by atoms with Crippen molar-refractivity contribution in [3.05, 3.63) is 0 Å². The second-order valence-electron chi connectivity index (χ2n) is 4.94. The van der Waals surface area contributed by atoms with Gasteiger partial charge in [-0.05, 0) is 19.4 Å². The zero-order valence-electron chi connectivity index (χ0n) is 11.9. The van der Waals surface area contributed by atoms with Crippen LogP contribution in [0.1, 0.15) is 77.6 Å². The van der Waals surface area contributed by atoms with E-state index in [2.05, 4.69) is 6.92 Å². The van der Waals surface area contributed by atoms with Crippen molar-refractivity contribution in [1.29, 1.82) is 0 Å². The van der Waals surface area contributed by atoms with Crippen LogP contribution in [-0.4, -0.2) is 49.3 Å². The summed E-state index contributed by atoms with van der Waals surface area (Å²) in [4.78, 5) is 0. The van der Waals surface area contributed by atoms with Crippen molar-refractivity contribution >= 4 is 29.6 Å². The third-order valence-electron chi connectivity index (χ3n) is 3.14. The Bertz CT molecular complexity index is 120. The van der Waals surface area contributed by atoms with Crippen molar-refractivity contribution in [2.45, 2.75) is 77.6 Å². The second kappa shape index (κ2) is 20.2. The minimum absolute atomic E-state index is 0. The average Bonchev–Trinajstić information content (AvgIpc) is 2.35. The second-order valence-corrected chi connectivity index (χ2v) is 4.94. The van der Waals surface area contributed by atoms with Gasteiger partial charge >= 0.3 is 29.6 Å². The van der Waals surface area contributed by atoms with E-state index in [4.69, 9.17) is 10.5 Å². The van der Waals surface area contributed by atoms with Crippen LogP contribution in [0.2, 0.25) is 0 Å². The number of hydrogen-bond donors (Lipinski definition) is 1. The molecule has 0 aromatic carbocycles. The first-order chi connectivity index (χ1) is 8.41. The first kappa shape index (κ1) is 21.2. The van der Waals surface area contributed by atoms with Gasteiger partial charge in [0, 0.05) is 13.2 Å². The summed E-state index contributed by atoms with van der Waals surface area (Å²) in [7, 11) is 0. The molecular weight excluding hydrogens is 233 g/mol. The molecule has 0 aliphatic rings. The Morgan fingerprint density at radius 2 is 1.11 bits per heavy atom. The van der Waals surface area contributed by atoms with E-state index in [9.17, 15) is 0 Å². The first-order valence-corrected chi connectivity index (χ1v) is 7.69. The van der Waals surface area contributed by atoms with Crippen LogP contribution in [0.3, 0.4) is 0 Å². The van der Waals surface area contributed by atoms with Crippen molar-refractivity contribution in [2.75, 3.05) is 19.8 Å². The molecule has 0 bridgehead atoms. The zero-order chi connectivity index (χ0) is 12.6. The summed E-state index contributed by atoms with van der Waals surface area (Å²) >= 11 is 0. The van der Waals surface area contributed by atoms with Crippen LogP contribution >= 0.6 is 0 Å².